The minimum Gasteiger partial charge on any atom is -0.484 e. The minimum absolute atomic E-state index is 0.147. The Kier molecular flexibility index (Phi) is 9.64. The van der Waals surface area contributed by atoms with Crippen molar-refractivity contribution in [3.05, 3.63) is 90.3 Å². The smallest absolute Gasteiger partial charge is 0.261 e. The number of aromatic nitrogens is 1. The van der Waals surface area contributed by atoms with E-state index in [9.17, 15) is 18.0 Å². The Hall–Kier alpha value is -3.80. The Morgan fingerprint density at radius 1 is 1.00 bits per heavy atom. The number of morpholine rings is 1. The van der Waals surface area contributed by atoms with Crippen molar-refractivity contribution in [2.24, 2.45) is 0 Å². The van der Waals surface area contributed by atoms with Crippen LogP contribution in [0.1, 0.15) is 18.1 Å². The van der Waals surface area contributed by atoms with Crippen molar-refractivity contribution in [1.29, 1.82) is 0 Å². The fraction of sp³-hybridized carbons (Fsp3) is 0.321. The molecule has 1 aromatic heterocycles. The maximum Gasteiger partial charge on any atom is 0.261 e. The molecule has 1 saturated heterocycles. The lowest BCUT2D eigenvalue weighted by Gasteiger charge is -2.29. The zero-order valence-corrected chi connectivity index (χ0v) is 22.5. The first kappa shape index (κ1) is 28.2. The molecule has 3 aromatic rings. The normalized spacial score (nSPS) is 14.8. The molecule has 1 N–H and O–H groups in total. The molecule has 4 rings (SSSR count). The highest BCUT2D eigenvalue weighted by atomic mass is 32.2. The number of ether oxygens (including phenoxy) is 2. The highest BCUT2D eigenvalue weighted by Gasteiger charge is 2.28. The first-order valence-corrected chi connectivity index (χ1v) is 14.1. The average molecular weight is 553 g/mol. The van der Waals surface area contributed by atoms with Crippen LogP contribution in [0.5, 0.6) is 5.75 Å². The number of rotatable bonds is 11. The van der Waals surface area contributed by atoms with Gasteiger partial charge in [-0.15, -0.1) is 0 Å². The van der Waals surface area contributed by atoms with Crippen molar-refractivity contribution in [2.75, 3.05) is 32.9 Å². The molecular formula is C28H32N4O6S. The predicted octanol–water partition coefficient (Wildman–Crippen LogP) is 2.21. The summed E-state index contributed by atoms with van der Waals surface area (Å²) >= 11 is 0. The number of amides is 2. The van der Waals surface area contributed by atoms with Gasteiger partial charge >= 0.3 is 0 Å². The third kappa shape index (κ3) is 7.62. The molecule has 0 spiro atoms. The summed E-state index contributed by atoms with van der Waals surface area (Å²) < 4.78 is 38.0. The second-order valence-electron chi connectivity index (χ2n) is 9.03. The van der Waals surface area contributed by atoms with E-state index in [4.69, 9.17) is 9.47 Å². The van der Waals surface area contributed by atoms with E-state index in [0.717, 1.165) is 11.1 Å². The molecule has 0 bridgehead atoms. The van der Waals surface area contributed by atoms with Gasteiger partial charge in [0.25, 0.3) is 5.91 Å². The predicted molar refractivity (Wildman–Crippen MR) is 144 cm³/mol. The molecule has 1 aliphatic rings. The SMILES string of the molecule is C[C@@H](C(=O)NCc1ccncc1)N(Cc1ccccc1)C(=O)COc1ccc(S(=O)(=O)N2CCOCC2)cc1. The van der Waals surface area contributed by atoms with Crippen molar-refractivity contribution < 1.29 is 27.5 Å². The largest absolute Gasteiger partial charge is 0.484 e. The van der Waals surface area contributed by atoms with Crippen LogP contribution in [-0.2, 0) is 37.4 Å². The summed E-state index contributed by atoms with van der Waals surface area (Å²) in [6, 6.07) is 18.2. The van der Waals surface area contributed by atoms with Gasteiger partial charge in [-0.05, 0) is 54.4 Å². The van der Waals surface area contributed by atoms with Crippen LogP contribution < -0.4 is 10.1 Å². The number of pyridine rings is 1. The van der Waals surface area contributed by atoms with Crippen molar-refractivity contribution in [1.82, 2.24) is 19.5 Å². The Labute approximate surface area is 228 Å². The van der Waals surface area contributed by atoms with Gasteiger partial charge in [0.05, 0.1) is 18.1 Å². The first-order valence-electron chi connectivity index (χ1n) is 12.7. The number of sulfonamides is 1. The molecule has 2 heterocycles. The third-order valence-electron chi connectivity index (χ3n) is 6.37. The summed E-state index contributed by atoms with van der Waals surface area (Å²) in [4.78, 5) is 31.8. The fourth-order valence-electron chi connectivity index (χ4n) is 4.07. The summed E-state index contributed by atoms with van der Waals surface area (Å²) in [7, 11) is -3.63. The Morgan fingerprint density at radius 2 is 1.67 bits per heavy atom. The minimum atomic E-state index is -3.63. The van der Waals surface area contributed by atoms with E-state index in [1.807, 2.05) is 42.5 Å². The molecule has 2 aromatic carbocycles. The summed E-state index contributed by atoms with van der Waals surface area (Å²) in [6.45, 7) is 3.24. The highest BCUT2D eigenvalue weighted by molar-refractivity contribution is 7.89. The Morgan fingerprint density at radius 3 is 2.33 bits per heavy atom. The molecular weight excluding hydrogens is 520 g/mol. The van der Waals surface area contributed by atoms with Gasteiger partial charge < -0.3 is 19.7 Å². The number of hydrogen-bond acceptors (Lipinski definition) is 7. The molecule has 0 saturated carbocycles. The fourth-order valence-corrected chi connectivity index (χ4v) is 5.48. The van der Waals surface area contributed by atoms with Gasteiger partial charge in [0.15, 0.2) is 6.61 Å². The van der Waals surface area contributed by atoms with Crippen LogP contribution in [0.3, 0.4) is 0 Å². The average Bonchev–Trinajstić information content (AvgIpc) is 2.98. The quantitative estimate of drug-likeness (QED) is 0.388. The molecule has 39 heavy (non-hydrogen) atoms. The van der Waals surface area contributed by atoms with Gasteiger partial charge in [-0.2, -0.15) is 4.31 Å². The number of carbonyl (C=O) groups excluding carboxylic acids is 2. The van der Waals surface area contributed by atoms with Crippen LogP contribution in [0.25, 0.3) is 0 Å². The zero-order chi connectivity index (χ0) is 27.7. The van der Waals surface area contributed by atoms with Crippen LogP contribution in [0.4, 0.5) is 0 Å². The van der Waals surface area contributed by atoms with E-state index in [-0.39, 0.29) is 29.9 Å². The maximum atomic E-state index is 13.3. The summed E-state index contributed by atoms with van der Waals surface area (Å²) in [5, 5.41) is 2.87. The van der Waals surface area contributed by atoms with Crippen molar-refractivity contribution in [2.45, 2.75) is 31.0 Å². The summed E-state index contributed by atoms with van der Waals surface area (Å²) in [6.07, 6.45) is 3.30. The second kappa shape index (κ2) is 13.3. The number of carbonyl (C=O) groups is 2. The molecule has 206 valence electrons. The molecule has 1 fully saturated rings. The van der Waals surface area contributed by atoms with Crippen LogP contribution in [-0.4, -0.2) is 73.4 Å². The third-order valence-corrected chi connectivity index (χ3v) is 8.29. The van der Waals surface area contributed by atoms with E-state index in [2.05, 4.69) is 10.3 Å². The first-order chi connectivity index (χ1) is 18.8. The Balaban J connectivity index is 1.40. The van der Waals surface area contributed by atoms with Gasteiger partial charge in [0.2, 0.25) is 15.9 Å². The molecule has 2 amide bonds. The molecule has 1 atom stereocenters. The lowest BCUT2D eigenvalue weighted by molar-refractivity contribution is -0.142. The zero-order valence-electron chi connectivity index (χ0n) is 21.7. The number of benzene rings is 2. The van der Waals surface area contributed by atoms with Gasteiger partial charge in [0.1, 0.15) is 11.8 Å². The van der Waals surface area contributed by atoms with E-state index < -0.39 is 16.1 Å². The molecule has 0 aliphatic carbocycles. The van der Waals surface area contributed by atoms with Crippen molar-refractivity contribution in [3.63, 3.8) is 0 Å². The van der Waals surface area contributed by atoms with Gasteiger partial charge in [-0.25, -0.2) is 8.42 Å². The number of hydrogen-bond donors (Lipinski definition) is 1. The molecule has 10 nitrogen and oxygen atoms in total. The van der Waals surface area contributed by atoms with Gasteiger partial charge in [0, 0.05) is 38.6 Å². The second-order valence-corrected chi connectivity index (χ2v) is 11.0. The van der Waals surface area contributed by atoms with Crippen LogP contribution in [0.15, 0.2) is 84.0 Å². The Bertz CT molecular complexity index is 1330. The van der Waals surface area contributed by atoms with Crippen LogP contribution in [0.2, 0.25) is 0 Å². The molecule has 0 radical (unpaired) electrons. The van der Waals surface area contributed by atoms with E-state index in [1.165, 1.54) is 33.5 Å². The topological polar surface area (TPSA) is 118 Å². The lowest BCUT2D eigenvalue weighted by Crippen LogP contribution is -2.48. The van der Waals surface area contributed by atoms with E-state index in [0.29, 0.717) is 38.6 Å². The monoisotopic (exact) mass is 552 g/mol. The molecule has 11 heteroatoms. The van der Waals surface area contributed by atoms with E-state index >= 15 is 0 Å². The number of nitrogens with one attached hydrogen (secondary N) is 1. The standard InChI is InChI=1S/C28H32N4O6S/c1-22(28(34)30-19-23-11-13-29-14-12-23)32(20-24-5-3-2-4-6-24)27(33)21-38-25-7-9-26(10-8-25)39(35,36)31-15-17-37-18-16-31/h2-14,22H,15-21H2,1H3,(H,30,34)/t22-/m0/s1. The maximum absolute atomic E-state index is 13.3. The lowest BCUT2D eigenvalue weighted by atomic mass is 10.1. The van der Waals surface area contributed by atoms with Gasteiger partial charge in [-0.1, -0.05) is 30.3 Å². The van der Waals surface area contributed by atoms with E-state index in [1.54, 1.807) is 19.3 Å². The summed E-state index contributed by atoms with van der Waals surface area (Å²) in [5.41, 5.74) is 1.77. The van der Waals surface area contributed by atoms with Gasteiger partial charge in [-0.3, -0.25) is 14.6 Å². The molecule has 0 unspecified atom stereocenters. The van der Waals surface area contributed by atoms with Crippen LogP contribution in [0, 0.1) is 0 Å². The van der Waals surface area contributed by atoms with Crippen molar-refractivity contribution >= 4 is 21.8 Å². The van der Waals surface area contributed by atoms with Crippen molar-refractivity contribution in [3.8, 4) is 5.75 Å². The molecule has 1 aliphatic heterocycles. The highest BCUT2D eigenvalue weighted by Crippen LogP contribution is 2.21. The summed E-state index contributed by atoms with van der Waals surface area (Å²) in [5.74, 6) is -0.331. The number of nitrogens with zero attached hydrogens (tertiary/aromatic N) is 3. The van der Waals surface area contributed by atoms with Crippen LogP contribution >= 0.6 is 0 Å².